The number of unbranched alkanes of at least 4 members (excludes halogenated alkanes) is 31. The van der Waals surface area contributed by atoms with Gasteiger partial charge in [0.15, 0.2) is 6.10 Å². The minimum absolute atomic E-state index is 0.0645. The summed E-state index contributed by atoms with van der Waals surface area (Å²) < 4.78 is 16.8. The molecule has 0 amide bonds. The van der Waals surface area contributed by atoms with E-state index in [2.05, 4.69) is 41.5 Å². The molecule has 6 nitrogen and oxygen atoms in total. The zero-order chi connectivity index (χ0) is 45.6. The van der Waals surface area contributed by atoms with Crippen LogP contribution in [0.5, 0.6) is 0 Å². The molecule has 0 radical (unpaired) electrons. The van der Waals surface area contributed by atoms with Gasteiger partial charge >= 0.3 is 17.9 Å². The molecule has 0 aliphatic rings. The molecule has 2 atom stereocenters. The lowest BCUT2D eigenvalue weighted by atomic mass is 9.99. The molecule has 0 heterocycles. The van der Waals surface area contributed by atoms with E-state index in [4.69, 9.17) is 14.2 Å². The van der Waals surface area contributed by atoms with Gasteiger partial charge in [0.1, 0.15) is 13.2 Å². The van der Waals surface area contributed by atoms with Crippen molar-refractivity contribution in [2.24, 2.45) is 17.8 Å². The van der Waals surface area contributed by atoms with Crippen LogP contribution in [0.4, 0.5) is 0 Å². The van der Waals surface area contributed by atoms with Gasteiger partial charge in [-0.15, -0.1) is 0 Å². The lowest BCUT2D eigenvalue weighted by Crippen LogP contribution is -2.30. The minimum atomic E-state index is -0.763. The Morgan fingerprint density at radius 1 is 0.323 bits per heavy atom. The Bertz CT molecular complexity index is 962. The van der Waals surface area contributed by atoms with Gasteiger partial charge in [-0.3, -0.25) is 14.4 Å². The van der Waals surface area contributed by atoms with Gasteiger partial charge < -0.3 is 14.2 Å². The number of rotatable bonds is 49. The van der Waals surface area contributed by atoms with Crippen LogP contribution in [0.1, 0.15) is 305 Å². The molecule has 0 bridgehead atoms. The normalized spacial score (nSPS) is 12.6. The van der Waals surface area contributed by atoms with Gasteiger partial charge in [0.25, 0.3) is 0 Å². The summed E-state index contributed by atoms with van der Waals surface area (Å²) in [5.74, 6) is 1.67. The average Bonchev–Trinajstić information content (AvgIpc) is 3.24. The molecule has 0 aromatic rings. The monoisotopic (exact) mass is 877 g/mol. The Labute approximate surface area is 387 Å². The van der Waals surface area contributed by atoms with Gasteiger partial charge in [0, 0.05) is 19.3 Å². The summed E-state index contributed by atoms with van der Waals surface area (Å²) in [6.45, 7) is 13.7. The van der Waals surface area contributed by atoms with Crippen molar-refractivity contribution in [3.05, 3.63) is 0 Å². The quantitative estimate of drug-likeness (QED) is 0.0344. The van der Waals surface area contributed by atoms with Crippen molar-refractivity contribution in [2.75, 3.05) is 13.2 Å². The second-order valence-electron chi connectivity index (χ2n) is 20.4. The zero-order valence-corrected chi connectivity index (χ0v) is 42.7. The molecule has 1 unspecified atom stereocenters. The largest absolute Gasteiger partial charge is 0.462 e. The van der Waals surface area contributed by atoms with E-state index in [-0.39, 0.29) is 31.1 Å². The molecular formula is C56H108O6. The molecule has 0 saturated carbocycles. The van der Waals surface area contributed by atoms with Crippen molar-refractivity contribution in [1.82, 2.24) is 0 Å². The highest BCUT2D eigenvalue weighted by molar-refractivity contribution is 5.71. The summed E-state index contributed by atoms with van der Waals surface area (Å²) in [6, 6.07) is 0. The van der Waals surface area contributed by atoms with Crippen LogP contribution in [0.15, 0.2) is 0 Å². The lowest BCUT2D eigenvalue weighted by Gasteiger charge is -2.18. The molecule has 0 aromatic carbocycles. The number of carbonyl (C=O) groups is 3. The Hall–Kier alpha value is -1.59. The molecule has 0 aliphatic carbocycles. The Balaban J connectivity index is 4.27. The first-order valence-electron chi connectivity index (χ1n) is 27.6. The van der Waals surface area contributed by atoms with Crippen LogP contribution in [0.25, 0.3) is 0 Å². The van der Waals surface area contributed by atoms with Crippen LogP contribution >= 0.6 is 0 Å². The standard InChI is InChI=1S/C56H108O6/c1-7-52(6)44-38-32-26-19-15-10-8-9-11-16-20-27-33-39-45-54(57)60-48-53(62-56(59)47-41-35-29-23-22-25-31-37-43-51(4)5)49-61-55(58)46-40-34-28-21-17-13-12-14-18-24-30-36-42-50(2)3/h50-53H,7-49H2,1-6H3/t52?,53-/m1/s1. The van der Waals surface area contributed by atoms with E-state index in [9.17, 15) is 14.4 Å². The number of hydrogen-bond donors (Lipinski definition) is 0. The van der Waals surface area contributed by atoms with Crippen molar-refractivity contribution in [3.8, 4) is 0 Å². The summed E-state index contributed by atoms with van der Waals surface area (Å²) in [4.78, 5) is 38.0. The van der Waals surface area contributed by atoms with Gasteiger partial charge in [-0.25, -0.2) is 0 Å². The van der Waals surface area contributed by atoms with Crippen LogP contribution in [-0.4, -0.2) is 37.2 Å². The smallest absolute Gasteiger partial charge is 0.306 e. The molecule has 62 heavy (non-hydrogen) atoms. The van der Waals surface area contributed by atoms with Crippen molar-refractivity contribution in [2.45, 2.75) is 311 Å². The number of esters is 3. The summed E-state index contributed by atoms with van der Waals surface area (Å²) in [5, 5.41) is 0. The van der Waals surface area contributed by atoms with Gasteiger partial charge in [-0.2, -0.15) is 0 Å². The maximum atomic E-state index is 12.8. The summed E-state index contributed by atoms with van der Waals surface area (Å²) in [6.07, 6.45) is 48.0. The Morgan fingerprint density at radius 3 is 0.839 bits per heavy atom. The van der Waals surface area contributed by atoms with Crippen LogP contribution in [0.3, 0.4) is 0 Å². The highest BCUT2D eigenvalue weighted by atomic mass is 16.6. The Morgan fingerprint density at radius 2 is 0.565 bits per heavy atom. The molecule has 0 spiro atoms. The molecule has 0 aliphatic heterocycles. The van der Waals surface area contributed by atoms with Crippen LogP contribution < -0.4 is 0 Å². The molecule has 0 fully saturated rings. The molecule has 0 rings (SSSR count). The predicted molar refractivity (Wildman–Crippen MR) is 266 cm³/mol. The second kappa shape index (κ2) is 47.4. The van der Waals surface area contributed by atoms with Gasteiger partial charge in [0.2, 0.25) is 0 Å². The summed E-state index contributed by atoms with van der Waals surface area (Å²) in [5.41, 5.74) is 0. The number of carbonyl (C=O) groups excluding carboxylic acids is 3. The third-order valence-electron chi connectivity index (χ3n) is 13.0. The second-order valence-corrected chi connectivity index (χ2v) is 20.4. The Kier molecular flexibility index (Phi) is 46.2. The third-order valence-corrected chi connectivity index (χ3v) is 13.0. The molecule has 0 N–H and O–H groups in total. The van der Waals surface area contributed by atoms with Gasteiger partial charge in [0.05, 0.1) is 0 Å². The summed E-state index contributed by atoms with van der Waals surface area (Å²) in [7, 11) is 0. The molecule has 368 valence electrons. The van der Waals surface area contributed by atoms with Gasteiger partial charge in [-0.1, -0.05) is 266 Å². The average molecular weight is 877 g/mol. The van der Waals surface area contributed by atoms with Crippen molar-refractivity contribution in [1.29, 1.82) is 0 Å². The van der Waals surface area contributed by atoms with E-state index in [1.54, 1.807) is 0 Å². The van der Waals surface area contributed by atoms with E-state index < -0.39 is 6.10 Å². The third kappa shape index (κ3) is 47.9. The number of ether oxygens (including phenoxy) is 3. The first-order chi connectivity index (χ1) is 30.1. The fraction of sp³-hybridized carbons (Fsp3) is 0.946. The highest BCUT2D eigenvalue weighted by Crippen LogP contribution is 2.18. The van der Waals surface area contributed by atoms with E-state index in [1.165, 1.54) is 186 Å². The van der Waals surface area contributed by atoms with Crippen LogP contribution in [0.2, 0.25) is 0 Å². The van der Waals surface area contributed by atoms with Crippen molar-refractivity contribution >= 4 is 17.9 Å². The molecule has 0 saturated heterocycles. The molecule has 0 aromatic heterocycles. The SMILES string of the molecule is CCC(C)CCCCCCCCCCCCCCCCC(=O)OC[C@H](COC(=O)CCCCCCCCCCCCCCC(C)C)OC(=O)CCCCCCCCCCC(C)C. The molecular weight excluding hydrogens is 769 g/mol. The topological polar surface area (TPSA) is 78.9 Å². The van der Waals surface area contributed by atoms with Crippen molar-refractivity contribution in [3.63, 3.8) is 0 Å². The van der Waals surface area contributed by atoms with Crippen LogP contribution in [-0.2, 0) is 28.6 Å². The zero-order valence-electron chi connectivity index (χ0n) is 42.7. The minimum Gasteiger partial charge on any atom is -0.462 e. The maximum Gasteiger partial charge on any atom is 0.306 e. The maximum absolute atomic E-state index is 12.8. The predicted octanol–water partition coefficient (Wildman–Crippen LogP) is 17.9. The van der Waals surface area contributed by atoms with E-state index in [0.717, 1.165) is 75.5 Å². The number of hydrogen-bond acceptors (Lipinski definition) is 6. The van der Waals surface area contributed by atoms with Crippen molar-refractivity contribution < 1.29 is 28.6 Å². The lowest BCUT2D eigenvalue weighted by molar-refractivity contribution is -0.167. The summed E-state index contributed by atoms with van der Waals surface area (Å²) >= 11 is 0. The fourth-order valence-corrected chi connectivity index (χ4v) is 8.44. The van der Waals surface area contributed by atoms with E-state index in [1.807, 2.05) is 0 Å². The van der Waals surface area contributed by atoms with E-state index >= 15 is 0 Å². The van der Waals surface area contributed by atoms with Gasteiger partial charge in [-0.05, 0) is 37.0 Å². The highest BCUT2D eigenvalue weighted by Gasteiger charge is 2.19. The fourth-order valence-electron chi connectivity index (χ4n) is 8.44. The first-order valence-corrected chi connectivity index (χ1v) is 27.6. The van der Waals surface area contributed by atoms with E-state index in [0.29, 0.717) is 19.3 Å². The van der Waals surface area contributed by atoms with Crippen LogP contribution in [0, 0.1) is 17.8 Å². The molecule has 6 heteroatoms. The first kappa shape index (κ1) is 60.4.